The predicted molar refractivity (Wildman–Crippen MR) is 59.2 cm³/mol. The van der Waals surface area contributed by atoms with E-state index in [2.05, 4.69) is 11.8 Å². The minimum absolute atomic E-state index is 0.471. The highest BCUT2D eigenvalue weighted by Gasteiger charge is 2.08. The Hall–Kier alpha value is -0.970. The Bertz CT molecular complexity index is 374. The summed E-state index contributed by atoms with van der Waals surface area (Å²) in [6.45, 7) is 3.70. The Morgan fingerprint density at radius 1 is 1.50 bits per heavy atom. The Morgan fingerprint density at radius 2 is 2.21 bits per heavy atom. The fraction of sp³-hybridized carbons (Fsp3) is 0.333. The molecule has 0 radical (unpaired) electrons. The number of aliphatic hydroxyl groups excluding tert-OH is 1. The lowest BCUT2D eigenvalue weighted by molar-refractivity contribution is 0.183. The number of rotatable bonds is 2. The monoisotopic (exact) mass is 208 g/mol. The van der Waals surface area contributed by atoms with Crippen molar-refractivity contribution in [2.45, 2.75) is 26.4 Å². The molecule has 1 aromatic carbocycles. The van der Waals surface area contributed by atoms with Crippen LogP contribution in [-0.4, -0.2) is 5.11 Å². The van der Waals surface area contributed by atoms with Gasteiger partial charge in [0, 0.05) is 11.4 Å². The minimum Gasteiger partial charge on any atom is -0.387 e. The van der Waals surface area contributed by atoms with Gasteiger partial charge in [0.2, 0.25) is 0 Å². The molecule has 0 bridgehead atoms. The molecule has 1 N–H and O–H groups in total. The van der Waals surface area contributed by atoms with Crippen LogP contribution in [0.25, 0.3) is 0 Å². The molecule has 0 aliphatic rings. The number of hydrogen-bond donors (Lipinski definition) is 1. The molecule has 0 saturated carbocycles. The number of hydrogen-bond acceptors (Lipinski definition) is 1. The van der Waals surface area contributed by atoms with Crippen LogP contribution in [0, 0.1) is 18.8 Å². The van der Waals surface area contributed by atoms with Gasteiger partial charge in [-0.05, 0) is 37.1 Å². The molecule has 0 heterocycles. The molecule has 14 heavy (non-hydrogen) atoms. The highest BCUT2D eigenvalue weighted by Crippen LogP contribution is 2.23. The van der Waals surface area contributed by atoms with Gasteiger partial charge in [-0.3, -0.25) is 0 Å². The molecule has 0 saturated heterocycles. The van der Waals surface area contributed by atoms with Crippen LogP contribution in [0.3, 0.4) is 0 Å². The fourth-order valence-corrected chi connectivity index (χ4v) is 1.55. The second-order valence-electron chi connectivity index (χ2n) is 3.15. The zero-order chi connectivity index (χ0) is 10.6. The van der Waals surface area contributed by atoms with Gasteiger partial charge in [-0.2, -0.15) is 0 Å². The van der Waals surface area contributed by atoms with Crippen molar-refractivity contribution >= 4 is 11.6 Å². The molecule has 0 amide bonds. The summed E-state index contributed by atoms with van der Waals surface area (Å²) in [7, 11) is 0. The summed E-state index contributed by atoms with van der Waals surface area (Å²) >= 11 is 5.82. The van der Waals surface area contributed by atoms with Gasteiger partial charge in [-0.1, -0.05) is 17.7 Å². The lowest BCUT2D eigenvalue weighted by Crippen LogP contribution is -1.98. The number of halogens is 1. The molecule has 0 spiro atoms. The molecule has 1 aromatic rings. The Morgan fingerprint density at radius 3 is 2.79 bits per heavy atom. The van der Waals surface area contributed by atoms with E-state index in [0.29, 0.717) is 11.4 Å². The lowest BCUT2D eigenvalue weighted by atomic mass is 10.0. The van der Waals surface area contributed by atoms with Crippen molar-refractivity contribution in [2.75, 3.05) is 0 Å². The van der Waals surface area contributed by atoms with E-state index in [1.54, 1.807) is 13.0 Å². The molecule has 0 aromatic heterocycles. The molecule has 74 valence electrons. The second-order valence-corrected chi connectivity index (χ2v) is 3.58. The van der Waals surface area contributed by atoms with E-state index in [4.69, 9.17) is 11.6 Å². The first-order valence-corrected chi connectivity index (χ1v) is 4.86. The Balaban J connectivity index is 2.88. The SMILES string of the molecule is CC#CCC(O)c1ccc(Cl)cc1C. The minimum atomic E-state index is -0.514. The fourth-order valence-electron chi connectivity index (χ4n) is 1.32. The first-order chi connectivity index (χ1) is 6.65. The largest absolute Gasteiger partial charge is 0.387 e. The maximum Gasteiger partial charge on any atom is 0.0901 e. The van der Waals surface area contributed by atoms with E-state index in [-0.39, 0.29) is 0 Å². The molecule has 0 fully saturated rings. The highest BCUT2D eigenvalue weighted by molar-refractivity contribution is 6.30. The third kappa shape index (κ3) is 2.77. The summed E-state index contributed by atoms with van der Waals surface area (Å²) in [5.74, 6) is 5.62. The zero-order valence-corrected chi connectivity index (χ0v) is 9.10. The summed E-state index contributed by atoms with van der Waals surface area (Å²) in [5, 5.41) is 10.5. The highest BCUT2D eigenvalue weighted by atomic mass is 35.5. The van der Waals surface area contributed by atoms with Gasteiger partial charge >= 0.3 is 0 Å². The van der Waals surface area contributed by atoms with Gasteiger partial charge in [0.1, 0.15) is 0 Å². The summed E-state index contributed by atoms with van der Waals surface area (Å²) in [6, 6.07) is 5.48. The average molecular weight is 209 g/mol. The van der Waals surface area contributed by atoms with E-state index in [0.717, 1.165) is 11.1 Å². The third-order valence-electron chi connectivity index (χ3n) is 2.06. The Labute approximate surface area is 89.7 Å². The summed E-state index contributed by atoms with van der Waals surface area (Å²) in [4.78, 5) is 0. The smallest absolute Gasteiger partial charge is 0.0901 e. The van der Waals surface area contributed by atoms with Crippen LogP contribution in [-0.2, 0) is 0 Å². The van der Waals surface area contributed by atoms with Gasteiger partial charge in [-0.15, -0.1) is 11.8 Å². The number of benzene rings is 1. The van der Waals surface area contributed by atoms with E-state index < -0.39 is 6.10 Å². The van der Waals surface area contributed by atoms with E-state index in [1.807, 2.05) is 19.1 Å². The van der Waals surface area contributed by atoms with Crippen molar-refractivity contribution in [3.63, 3.8) is 0 Å². The number of aliphatic hydroxyl groups is 1. The maximum atomic E-state index is 9.78. The third-order valence-corrected chi connectivity index (χ3v) is 2.30. The predicted octanol–water partition coefficient (Wildman–Crippen LogP) is 3.10. The normalized spacial score (nSPS) is 11.7. The van der Waals surface area contributed by atoms with Crippen molar-refractivity contribution in [3.05, 3.63) is 34.3 Å². The zero-order valence-electron chi connectivity index (χ0n) is 8.34. The van der Waals surface area contributed by atoms with Crippen molar-refractivity contribution in [1.29, 1.82) is 0 Å². The molecule has 1 nitrogen and oxygen atoms in total. The topological polar surface area (TPSA) is 20.2 Å². The van der Waals surface area contributed by atoms with Crippen molar-refractivity contribution in [1.82, 2.24) is 0 Å². The summed E-state index contributed by atoms with van der Waals surface area (Å²) in [5.41, 5.74) is 1.90. The molecule has 1 atom stereocenters. The van der Waals surface area contributed by atoms with Crippen LogP contribution < -0.4 is 0 Å². The van der Waals surface area contributed by atoms with Crippen LogP contribution in [0.5, 0.6) is 0 Å². The molecule has 0 aliphatic heterocycles. The van der Waals surface area contributed by atoms with Crippen LogP contribution in [0.15, 0.2) is 18.2 Å². The summed E-state index contributed by atoms with van der Waals surface area (Å²) in [6.07, 6.45) is -0.0429. The first-order valence-electron chi connectivity index (χ1n) is 4.49. The lowest BCUT2D eigenvalue weighted by Gasteiger charge is -2.10. The van der Waals surface area contributed by atoms with Crippen LogP contribution in [0.4, 0.5) is 0 Å². The van der Waals surface area contributed by atoms with Gasteiger partial charge < -0.3 is 5.11 Å². The van der Waals surface area contributed by atoms with Crippen molar-refractivity contribution in [2.24, 2.45) is 0 Å². The summed E-state index contributed by atoms with van der Waals surface area (Å²) < 4.78 is 0. The van der Waals surface area contributed by atoms with Crippen LogP contribution in [0.2, 0.25) is 5.02 Å². The first kappa shape index (κ1) is 11.1. The standard InChI is InChI=1S/C12H13ClO/c1-3-4-5-12(14)11-7-6-10(13)8-9(11)2/h6-8,12,14H,5H2,1-2H3. The van der Waals surface area contributed by atoms with Crippen molar-refractivity contribution in [3.8, 4) is 11.8 Å². The molecular formula is C12H13ClO. The van der Waals surface area contributed by atoms with E-state index in [9.17, 15) is 5.11 Å². The maximum absolute atomic E-state index is 9.78. The van der Waals surface area contributed by atoms with E-state index in [1.165, 1.54) is 0 Å². The molecule has 1 unspecified atom stereocenters. The van der Waals surface area contributed by atoms with Crippen molar-refractivity contribution < 1.29 is 5.11 Å². The molecule has 1 rings (SSSR count). The Kier molecular flexibility index (Phi) is 4.00. The van der Waals surface area contributed by atoms with Crippen LogP contribution in [0.1, 0.15) is 30.6 Å². The van der Waals surface area contributed by atoms with E-state index >= 15 is 0 Å². The molecular weight excluding hydrogens is 196 g/mol. The molecule has 2 heteroatoms. The second kappa shape index (κ2) is 5.05. The van der Waals surface area contributed by atoms with Gasteiger partial charge in [0.15, 0.2) is 0 Å². The van der Waals surface area contributed by atoms with Gasteiger partial charge in [0.05, 0.1) is 6.10 Å². The van der Waals surface area contributed by atoms with Gasteiger partial charge in [-0.25, -0.2) is 0 Å². The average Bonchev–Trinajstić information content (AvgIpc) is 2.14. The van der Waals surface area contributed by atoms with Gasteiger partial charge in [0.25, 0.3) is 0 Å². The quantitative estimate of drug-likeness (QED) is 0.741. The van der Waals surface area contributed by atoms with Crippen LogP contribution >= 0.6 is 11.6 Å². The molecule has 0 aliphatic carbocycles. The number of aryl methyl sites for hydroxylation is 1.